The largest absolute Gasteiger partial charge is 0.344 e. The molecule has 0 unspecified atom stereocenters. The standard InChI is InChI=1S/C26H25FN8/c1-2-18-15-28-26(29-16-18)33-10-8-21(9-11-33)34-12-7-20-13-23(24(27)14-25(20)34)19-3-5-22(6-4-19)35-17-30-31-32-35/h3-7,12-17,21H,2,8-11H2,1H3. The highest BCUT2D eigenvalue weighted by atomic mass is 19.1. The zero-order valence-corrected chi connectivity index (χ0v) is 19.4. The number of fused-ring (bicyclic) bond motifs is 1. The van der Waals surface area contributed by atoms with E-state index in [0.717, 1.165) is 66.0 Å². The lowest BCUT2D eigenvalue weighted by Crippen LogP contribution is -2.35. The minimum atomic E-state index is -0.227. The monoisotopic (exact) mass is 468 g/mol. The Kier molecular flexibility index (Phi) is 5.44. The molecule has 6 rings (SSSR count). The lowest BCUT2D eigenvalue weighted by molar-refractivity contribution is 0.402. The lowest BCUT2D eigenvalue weighted by atomic mass is 10.0. The summed E-state index contributed by atoms with van der Waals surface area (Å²) in [4.78, 5) is 11.3. The third kappa shape index (κ3) is 4.03. The molecule has 4 heterocycles. The van der Waals surface area contributed by atoms with Crippen LogP contribution in [0, 0.1) is 5.82 Å². The number of rotatable bonds is 5. The zero-order valence-electron chi connectivity index (χ0n) is 19.4. The molecule has 1 aliphatic heterocycles. The fourth-order valence-corrected chi connectivity index (χ4v) is 4.83. The van der Waals surface area contributed by atoms with Crippen LogP contribution < -0.4 is 4.90 Å². The van der Waals surface area contributed by atoms with Crippen molar-refractivity contribution in [1.29, 1.82) is 0 Å². The van der Waals surface area contributed by atoms with E-state index in [-0.39, 0.29) is 5.82 Å². The Morgan fingerprint density at radius 2 is 1.77 bits per heavy atom. The van der Waals surface area contributed by atoms with Crippen molar-refractivity contribution >= 4 is 16.9 Å². The van der Waals surface area contributed by atoms with Gasteiger partial charge in [-0.05, 0) is 71.1 Å². The lowest BCUT2D eigenvalue weighted by Gasteiger charge is -2.33. The molecule has 0 saturated carbocycles. The van der Waals surface area contributed by atoms with Crippen molar-refractivity contribution in [1.82, 2.24) is 34.7 Å². The molecule has 1 aliphatic rings. The Balaban J connectivity index is 1.21. The second-order valence-electron chi connectivity index (χ2n) is 8.88. The summed E-state index contributed by atoms with van der Waals surface area (Å²) < 4.78 is 19.1. The average molecular weight is 469 g/mol. The number of tetrazole rings is 1. The van der Waals surface area contributed by atoms with Crippen LogP contribution in [0.1, 0.15) is 31.4 Å². The number of benzene rings is 2. The van der Waals surface area contributed by atoms with Gasteiger partial charge in [-0.1, -0.05) is 19.1 Å². The van der Waals surface area contributed by atoms with Gasteiger partial charge in [0.25, 0.3) is 0 Å². The number of halogens is 1. The van der Waals surface area contributed by atoms with Crippen LogP contribution in [-0.4, -0.2) is 47.8 Å². The fourth-order valence-electron chi connectivity index (χ4n) is 4.83. The van der Waals surface area contributed by atoms with Crippen molar-refractivity contribution < 1.29 is 4.39 Å². The van der Waals surface area contributed by atoms with Gasteiger partial charge in [-0.25, -0.2) is 19.0 Å². The van der Waals surface area contributed by atoms with Gasteiger partial charge < -0.3 is 9.47 Å². The van der Waals surface area contributed by atoms with Crippen LogP contribution in [-0.2, 0) is 6.42 Å². The SMILES string of the molecule is CCc1cnc(N2CCC(n3ccc4cc(-c5ccc(-n6cnnn6)cc5)c(F)cc43)CC2)nc1. The number of hydrogen-bond acceptors (Lipinski definition) is 6. The van der Waals surface area contributed by atoms with E-state index in [9.17, 15) is 0 Å². The topological polar surface area (TPSA) is 77.5 Å². The van der Waals surface area contributed by atoms with Crippen molar-refractivity contribution in [3.63, 3.8) is 0 Å². The van der Waals surface area contributed by atoms with E-state index < -0.39 is 0 Å². The van der Waals surface area contributed by atoms with Crippen LogP contribution in [0.3, 0.4) is 0 Å². The molecule has 2 aromatic carbocycles. The van der Waals surface area contributed by atoms with E-state index in [0.29, 0.717) is 11.6 Å². The maximum Gasteiger partial charge on any atom is 0.225 e. The molecule has 3 aromatic heterocycles. The highest BCUT2D eigenvalue weighted by Gasteiger charge is 2.23. The Labute approximate surface area is 202 Å². The van der Waals surface area contributed by atoms with E-state index in [1.165, 1.54) is 6.33 Å². The van der Waals surface area contributed by atoms with Crippen molar-refractivity contribution in [2.24, 2.45) is 0 Å². The Morgan fingerprint density at radius 3 is 2.46 bits per heavy atom. The average Bonchev–Trinajstić information content (AvgIpc) is 3.59. The van der Waals surface area contributed by atoms with Gasteiger partial charge in [0.1, 0.15) is 12.1 Å². The van der Waals surface area contributed by atoms with E-state index >= 15 is 4.39 Å². The van der Waals surface area contributed by atoms with Gasteiger partial charge in [0, 0.05) is 48.7 Å². The number of piperidine rings is 1. The van der Waals surface area contributed by atoms with Gasteiger partial charge >= 0.3 is 0 Å². The molecule has 0 bridgehead atoms. The minimum Gasteiger partial charge on any atom is -0.344 e. The first-order valence-corrected chi connectivity index (χ1v) is 11.9. The van der Waals surface area contributed by atoms with Crippen LogP contribution in [0.5, 0.6) is 0 Å². The molecule has 9 heteroatoms. The molecule has 0 spiro atoms. The smallest absolute Gasteiger partial charge is 0.225 e. The highest BCUT2D eigenvalue weighted by Crippen LogP contribution is 2.33. The molecule has 0 aliphatic carbocycles. The van der Waals surface area contributed by atoms with Crippen molar-refractivity contribution in [2.75, 3.05) is 18.0 Å². The summed E-state index contributed by atoms with van der Waals surface area (Å²) in [6, 6.07) is 13.5. The van der Waals surface area contributed by atoms with Crippen LogP contribution in [0.25, 0.3) is 27.7 Å². The molecule has 0 radical (unpaired) electrons. The third-order valence-electron chi connectivity index (χ3n) is 6.84. The number of hydrogen-bond donors (Lipinski definition) is 0. The summed E-state index contributed by atoms with van der Waals surface area (Å²) in [7, 11) is 0. The Hall–Kier alpha value is -4.14. The van der Waals surface area contributed by atoms with E-state index in [4.69, 9.17) is 0 Å². The summed E-state index contributed by atoms with van der Waals surface area (Å²) in [5.41, 5.74) is 4.30. The molecule has 1 saturated heterocycles. The van der Waals surface area contributed by atoms with E-state index in [1.54, 1.807) is 10.7 Å². The summed E-state index contributed by atoms with van der Waals surface area (Å²) in [5.74, 6) is 0.564. The van der Waals surface area contributed by atoms with Gasteiger partial charge in [-0.15, -0.1) is 5.10 Å². The molecule has 176 valence electrons. The van der Waals surface area contributed by atoms with Gasteiger partial charge in [0.2, 0.25) is 5.95 Å². The molecule has 1 fully saturated rings. The van der Waals surface area contributed by atoms with Crippen LogP contribution in [0.4, 0.5) is 10.3 Å². The summed E-state index contributed by atoms with van der Waals surface area (Å²) in [6.07, 6.45) is 10.3. The van der Waals surface area contributed by atoms with Crippen molar-refractivity contribution in [2.45, 2.75) is 32.2 Å². The molecule has 0 atom stereocenters. The van der Waals surface area contributed by atoms with Crippen molar-refractivity contribution in [3.05, 3.63) is 78.8 Å². The summed E-state index contributed by atoms with van der Waals surface area (Å²) in [5, 5.41) is 12.2. The predicted molar refractivity (Wildman–Crippen MR) is 132 cm³/mol. The maximum absolute atomic E-state index is 15.3. The summed E-state index contributed by atoms with van der Waals surface area (Å²) in [6.45, 7) is 3.86. The molecule has 8 nitrogen and oxygen atoms in total. The minimum absolute atomic E-state index is 0.227. The molecule has 5 aromatic rings. The molecule has 35 heavy (non-hydrogen) atoms. The number of aromatic nitrogens is 7. The normalized spacial score (nSPS) is 14.6. The van der Waals surface area contributed by atoms with E-state index in [1.807, 2.05) is 42.7 Å². The number of anilines is 1. The first-order chi connectivity index (χ1) is 17.2. The second-order valence-corrected chi connectivity index (χ2v) is 8.88. The quantitative estimate of drug-likeness (QED) is 0.375. The molecule has 0 N–H and O–H groups in total. The molecule has 0 amide bonds. The summed E-state index contributed by atoms with van der Waals surface area (Å²) >= 11 is 0. The second kappa shape index (κ2) is 8.90. The van der Waals surface area contributed by atoms with Crippen LogP contribution in [0.2, 0.25) is 0 Å². The third-order valence-corrected chi connectivity index (χ3v) is 6.84. The van der Waals surface area contributed by atoms with Crippen LogP contribution >= 0.6 is 0 Å². The Bertz CT molecular complexity index is 1430. The molecular formula is C26H25FN8. The zero-order chi connectivity index (χ0) is 23.8. The molecular weight excluding hydrogens is 443 g/mol. The van der Waals surface area contributed by atoms with E-state index in [2.05, 4.69) is 54.1 Å². The van der Waals surface area contributed by atoms with Gasteiger partial charge in [0.15, 0.2) is 0 Å². The van der Waals surface area contributed by atoms with Crippen molar-refractivity contribution in [3.8, 4) is 16.8 Å². The van der Waals surface area contributed by atoms with Crippen LogP contribution in [0.15, 0.2) is 67.4 Å². The number of nitrogens with zero attached hydrogens (tertiary/aromatic N) is 8. The Morgan fingerprint density at radius 1 is 1.00 bits per heavy atom. The first kappa shape index (κ1) is 21.4. The fraction of sp³-hybridized carbons (Fsp3) is 0.269. The van der Waals surface area contributed by atoms with Gasteiger partial charge in [0.05, 0.1) is 11.2 Å². The predicted octanol–water partition coefficient (Wildman–Crippen LogP) is 4.62. The maximum atomic E-state index is 15.3. The number of aryl methyl sites for hydroxylation is 1. The first-order valence-electron chi connectivity index (χ1n) is 11.9. The highest BCUT2D eigenvalue weighted by molar-refractivity contribution is 5.86. The van der Waals surface area contributed by atoms with Gasteiger partial charge in [-0.3, -0.25) is 0 Å². The van der Waals surface area contributed by atoms with Gasteiger partial charge in [-0.2, -0.15) is 0 Å².